The fraction of sp³-hybridized carbons (Fsp3) is 0.400. The van der Waals surface area contributed by atoms with Crippen LogP contribution in [0.1, 0.15) is 30.1 Å². The first kappa shape index (κ1) is 8.23. The van der Waals surface area contributed by atoms with Crippen molar-refractivity contribution >= 4 is 11.5 Å². The molecular formula is C10H12N2O. The Morgan fingerprint density at radius 1 is 1.62 bits per heavy atom. The van der Waals surface area contributed by atoms with Gasteiger partial charge in [0, 0.05) is 23.5 Å². The number of aromatic nitrogens is 1. The highest BCUT2D eigenvalue weighted by molar-refractivity contribution is 6.05. The second kappa shape index (κ2) is 2.55. The molecule has 3 nitrogen and oxygen atoms in total. The number of carbonyl (C=O) groups is 1. The largest absolute Gasteiger partial charge is 0.398 e. The van der Waals surface area contributed by atoms with Gasteiger partial charge in [0.05, 0.1) is 5.56 Å². The van der Waals surface area contributed by atoms with Crippen LogP contribution in [0.4, 0.5) is 5.69 Å². The minimum absolute atomic E-state index is 0.137. The van der Waals surface area contributed by atoms with Gasteiger partial charge < -0.3 is 5.73 Å². The number of rotatable bonds is 2. The fourth-order valence-corrected chi connectivity index (χ4v) is 1.33. The first-order valence-electron chi connectivity index (χ1n) is 4.38. The van der Waals surface area contributed by atoms with E-state index in [-0.39, 0.29) is 11.2 Å². The molecular weight excluding hydrogens is 164 g/mol. The van der Waals surface area contributed by atoms with E-state index in [1.54, 1.807) is 18.5 Å². The first-order chi connectivity index (χ1) is 6.13. The standard InChI is InChI=1S/C10H12N2O/c1-10(3-4-10)9(13)7-6-12-5-2-8(7)11/h2,5-6H,3-4H2,1H3,(H2,11,12). The number of nitrogens with zero attached hydrogens (tertiary/aromatic N) is 1. The first-order valence-corrected chi connectivity index (χ1v) is 4.38. The van der Waals surface area contributed by atoms with Crippen LogP contribution in [0.3, 0.4) is 0 Å². The molecule has 1 fully saturated rings. The van der Waals surface area contributed by atoms with Crippen LogP contribution in [0.15, 0.2) is 18.5 Å². The van der Waals surface area contributed by atoms with Crippen LogP contribution in [0, 0.1) is 5.41 Å². The van der Waals surface area contributed by atoms with Crippen molar-refractivity contribution in [2.75, 3.05) is 5.73 Å². The van der Waals surface area contributed by atoms with E-state index in [9.17, 15) is 4.79 Å². The van der Waals surface area contributed by atoms with Crippen molar-refractivity contribution in [3.8, 4) is 0 Å². The van der Waals surface area contributed by atoms with Crippen LogP contribution < -0.4 is 5.73 Å². The van der Waals surface area contributed by atoms with E-state index in [2.05, 4.69) is 4.98 Å². The Balaban J connectivity index is 2.36. The maximum absolute atomic E-state index is 11.8. The Labute approximate surface area is 77.0 Å². The smallest absolute Gasteiger partial charge is 0.172 e. The number of nitrogens with two attached hydrogens (primary N) is 1. The average Bonchev–Trinajstić information content (AvgIpc) is 2.85. The summed E-state index contributed by atoms with van der Waals surface area (Å²) in [4.78, 5) is 15.7. The summed E-state index contributed by atoms with van der Waals surface area (Å²) in [6, 6.07) is 1.67. The summed E-state index contributed by atoms with van der Waals surface area (Å²) in [5.74, 6) is 0.137. The predicted molar refractivity (Wildman–Crippen MR) is 50.3 cm³/mol. The lowest BCUT2D eigenvalue weighted by atomic mass is 9.97. The second-order valence-corrected chi connectivity index (χ2v) is 3.85. The minimum Gasteiger partial charge on any atom is -0.398 e. The highest BCUT2D eigenvalue weighted by Gasteiger charge is 2.45. The number of nitrogen functional groups attached to an aromatic ring is 1. The van der Waals surface area contributed by atoms with Crippen molar-refractivity contribution in [2.24, 2.45) is 5.41 Å². The highest BCUT2D eigenvalue weighted by atomic mass is 16.1. The Morgan fingerprint density at radius 3 is 2.85 bits per heavy atom. The Hall–Kier alpha value is -1.38. The Morgan fingerprint density at radius 2 is 2.31 bits per heavy atom. The molecule has 3 heteroatoms. The summed E-state index contributed by atoms with van der Waals surface area (Å²) in [6.07, 6.45) is 5.10. The molecule has 1 aromatic heterocycles. The molecule has 1 aliphatic carbocycles. The van der Waals surface area contributed by atoms with Gasteiger partial charge in [-0.3, -0.25) is 9.78 Å². The van der Waals surface area contributed by atoms with Crippen LogP contribution in [-0.2, 0) is 0 Å². The van der Waals surface area contributed by atoms with E-state index in [1.807, 2.05) is 6.92 Å². The highest BCUT2D eigenvalue weighted by Crippen LogP contribution is 2.47. The number of carbonyl (C=O) groups excluding carboxylic acids is 1. The molecule has 2 rings (SSSR count). The van der Waals surface area contributed by atoms with E-state index in [0.717, 1.165) is 12.8 Å². The zero-order chi connectivity index (χ0) is 9.47. The topological polar surface area (TPSA) is 56.0 Å². The molecule has 0 bridgehead atoms. The summed E-state index contributed by atoms with van der Waals surface area (Å²) in [7, 11) is 0. The van der Waals surface area contributed by atoms with Gasteiger partial charge in [0.2, 0.25) is 0 Å². The maximum Gasteiger partial charge on any atom is 0.172 e. The quantitative estimate of drug-likeness (QED) is 0.697. The van der Waals surface area contributed by atoms with Crippen molar-refractivity contribution in [1.29, 1.82) is 0 Å². The number of hydrogen-bond acceptors (Lipinski definition) is 3. The van der Waals surface area contributed by atoms with Gasteiger partial charge in [0.25, 0.3) is 0 Å². The zero-order valence-electron chi connectivity index (χ0n) is 7.58. The van der Waals surface area contributed by atoms with Crippen LogP contribution in [0.2, 0.25) is 0 Å². The third-order valence-corrected chi connectivity index (χ3v) is 2.65. The van der Waals surface area contributed by atoms with Crippen LogP contribution in [0.25, 0.3) is 0 Å². The molecule has 0 spiro atoms. The van der Waals surface area contributed by atoms with Gasteiger partial charge in [-0.25, -0.2) is 0 Å². The monoisotopic (exact) mass is 176 g/mol. The van der Waals surface area contributed by atoms with Crippen molar-refractivity contribution < 1.29 is 4.79 Å². The van der Waals surface area contributed by atoms with Gasteiger partial charge in [-0.05, 0) is 18.9 Å². The lowest BCUT2D eigenvalue weighted by Gasteiger charge is -2.08. The number of pyridine rings is 1. The average molecular weight is 176 g/mol. The summed E-state index contributed by atoms with van der Waals surface area (Å²) in [5, 5.41) is 0. The molecule has 68 valence electrons. The molecule has 2 N–H and O–H groups in total. The van der Waals surface area contributed by atoms with Gasteiger partial charge in [-0.1, -0.05) is 6.92 Å². The van der Waals surface area contributed by atoms with Gasteiger partial charge in [-0.2, -0.15) is 0 Å². The molecule has 0 aliphatic heterocycles. The van der Waals surface area contributed by atoms with Crippen LogP contribution in [-0.4, -0.2) is 10.8 Å². The van der Waals surface area contributed by atoms with Crippen molar-refractivity contribution in [2.45, 2.75) is 19.8 Å². The van der Waals surface area contributed by atoms with Crippen molar-refractivity contribution in [3.05, 3.63) is 24.0 Å². The SMILES string of the molecule is CC1(C(=O)c2cnccc2N)CC1. The predicted octanol–water partition coefficient (Wildman–Crippen LogP) is 1.65. The number of Topliss-reactive ketones (excluding diaryl/α,β-unsaturated/α-hetero) is 1. The number of ketones is 1. The van der Waals surface area contributed by atoms with Gasteiger partial charge in [0.1, 0.15) is 0 Å². The minimum atomic E-state index is -0.156. The van der Waals surface area contributed by atoms with Crippen LogP contribution in [0.5, 0.6) is 0 Å². The van der Waals surface area contributed by atoms with E-state index in [0.29, 0.717) is 11.3 Å². The zero-order valence-corrected chi connectivity index (χ0v) is 7.58. The van der Waals surface area contributed by atoms with E-state index in [1.165, 1.54) is 0 Å². The number of hydrogen-bond donors (Lipinski definition) is 1. The molecule has 13 heavy (non-hydrogen) atoms. The molecule has 0 atom stereocenters. The normalized spacial score (nSPS) is 18.2. The Kier molecular flexibility index (Phi) is 1.62. The molecule has 0 unspecified atom stereocenters. The lowest BCUT2D eigenvalue weighted by Crippen LogP contribution is -2.14. The summed E-state index contributed by atoms with van der Waals surface area (Å²) in [6.45, 7) is 1.97. The molecule has 1 saturated carbocycles. The molecule has 0 radical (unpaired) electrons. The van der Waals surface area contributed by atoms with Crippen molar-refractivity contribution in [3.63, 3.8) is 0 Å². The molecule has 0 saturated heterocycles. The van der Waals surface area contributed by atoms with Gasteiger partial charge in [0.15, 0.2) is 5.78 Å². The molecule has 1 aromatic rings. The molecule has 1 heterocycles. The van der Waals surface area contributed by atoms with Crippen LogP contribution >= 0.6 is 0 Å². The van der Waals surface area contributed by atoms with E-state index < -0.39 is 0 Å². The third kappa shape index (κ3) is 1.30. The van der Waals surface area contributed by atoms with E-state index in [4.69, 9.17) is 5.73 Å². The van der Waals surface area contributed by atoms with E-state index >= 15 is 0 Å². The maximum atomic E-state index is 11.8. The summed E-state index contributed by atoms with van der Waals surface area (Å²) >= 11 is 0. The van der Waals surface area contributed by atoms with Gasteiger partial charge >= 0.3 is 0 Å². The molecule has 0 amide bonds. The lowest BCUT2D eigenvalue weighted by molar-refractivity contribution is 0.0913. The second-order valence-electron chi connectivity index (χ2n) is 3.85. The number of anilines is 1. The Bertz CT molecular complexity index is 356. The fourth-order valence-electron chi connectivity index (χ4n) is 1.33. The molecule has 1 aliphatic rings. The van der Waals surface area contributed by atoms with Gasteiger partial charge in [-0.15, -0.1) is 0 Å². The molecule has 0 aromatic carbocycles. The summed E-state index contributed by atoms with van der Waals surface area (Å²) < 4.78 is 0. The third-order valence-electron chi connectivity index (χ3n) is 2.65. The summed E-state index contributed by atoms with van der Waals surface area (Å²) in [5.41, 5.74) is 6.64. The van der Waals surface area contributed by atoms with Crippen molar-refractivity contribution in [1.82, 2.24) is 4.98 Å².